The molecule has 0 bridgehead atoms. The zero-order valence-corrected chi connectivity index (χ0v) is 60.0. The molecule has 0 saturated heterocycles. The highest BCUT2D eigenvalue weighted by atomic mass is 16.7. The van der Waals surface area contributed by atoms with Gasteiger partial charge in [0.1, 0.15) is 13.2 Å². The van der Waals surface area contributed by atoms with Crippen molar-refractivity contribution >= 4 is 17.9 Å². The van der Waals surface area contributed by atoms with Crippen LogP contribution in [0.5, 0.6) is 0 Å². The number of carboxylic acid groups (broad SMARTS) is 1. The number of nitrogens with zero attached hydrogens (tertiary/aromatic N) is 1. The van der Waals surface area contributed by atoms with E-state index >= 15 is 0 Å². The molecule has 2 unspecified atom stereocenters. The predicted molar refractivity (Wildman–Crippen MR) is 392 cm³/mol. The van der Waals surface area contributed by atoms with Crippen molar-refractivity contribution in [3.63, 3.8) is 0 Å². The molecule has 0 fully saturated rings. The number of ether oxygens (including phenoxy) is 4. The minimum absolute atomic E-state index is 0.183. The number of hydrogen-bond acceptors (Lipinski definition) is 7. The topological polar surface area (TPSA) is 108 Å². The van der Waals surface area contributed by atoms with E-state index in [1.165, 1.54) is 212 Å². The van der Waals surface area contributed by atoms with Crippen LogP contribution in [0.25, 0.3) is 0 Å². The number of quaternary nitrogens is 1. The summed E-state index contributed by atoms with van der Waals surface area (Å²) in [7, 11) is 5.98. The molecule has 9 heteroatoms. The Balaban J connectivity index is 4.02. The molecule has 0 rings (SSSR count). The van der Waals surface area contributed by atoms with E-state index in [1.807, 2.05) is 21.1 Å². The smallest absolute Gasteiger partial charge is 0.361 e. The lowest BCUT2D eigenvalue weighted by Gasteiger charge is -2.25. The van der Waals surface area contributed by atoms with E-state index < -0.39 is 24.3 Å². The quantitative estimate of drug-likeness (QED) is 0.0211. The molecule has 0 aromatic carbocycles. The van der Waals surface area contributed by atoms with Gasteiger partial charge in [-0.3, -0.25) is 9.59 Å². The van der Waals surface area contributed by atoms with Crippen molar-refractivity contribution in [1.82, 2.24) is 0 Å². The van der Waals surface area contributed by atoms with Crippen LogP contribution in [0.15, 0.2) is 109 Å². The lowest BCUT2D eigenvalue weighted by atomic mass is 10.0. The Kier molecular flexibility index (Phi) is 68.6. The largest absolute Gasteiger partial charge is 0.477 e. The summed E-state index contributed by atoms with van der Waals surface area (Å²) in [6, 6.07) is 0. The lowest BCUT2D eigenvalue weighted by Crippen LogP contribution is -2.40. The monoisotopic (exact) mass is 1270 g/mol. The number of carboxylic acids is 1. The van der Waals surface area contributed by atoms with Gasteiger partial charge in [0.15, 0.2) is 6.10 Å². The van der Waals surface area contributed by atoms with Crippen LogP contribution in [0.2, 0.25) is 0 Å². The first kappa shape index (κ1) is 87.0. The molecule has 0 aromatic rings. The summed E-state index contributed by atoms with van der Waals surface area (Å²) in [4.78, 5) is 37.7. The minimum atomic E-state index is -1.51. The normalized spacial score (nSPS) is 13.3. The van der Waals surface area contributed by atoms with Crippen LogP contribution < -0.4 is 0 Å². The first-order valence-corrected chi connectivity index (χ1v) is 38.1. The maximum absolute atomic E-state index is 13.0. The third-order valence-corrected chi connectivity index (χ3v) is 16.5. The van der Waals surface area contributed by atoms with Crippen LogP contribution in [-0.2, 0) is 33.3 Å². The van der Waals surface area contributed by atoms with Crippen molar-refractivity contribution in [1.29, 1.82) is 0 Å². The number of aliphatic carboxylic acids is 1. The summed E-state index contributed by atoms with van der Waals surface area (Å²) < 4.78 is 23.0. The van der Waals surface area contributed by atoms with Gasteiger partial charge in [-0.1, -0.05) is 335 Å². The Morgan fingerprint density at radius 2 is 0.593 bits per heavy atom. The number of rotatable bonds is 70. The molecule has 0 radical (unpaired) electrons. The Bertz CT molecular complexity index is 1870. The fourth-order valence-electron chi connectivity index (χ4n) is 10.8. The first-order valence-electron chi connectivity index (χ1n) is 38.1. The van der Waals surface area contributed by atoms with Crippen molar-refractivity contribution < 1.29 is 42.9 Å². The molecule has 91 heavy (non-hydrogen) atoms. The average molecular weight is 1270 g/mol. The maximum atomic E-state index is 13.0. The Morgan fingerprint density at radius 3 is 0.879 bits per heavy atom. The van der Waals surface area contributed by atoms with Gasteiger partial charge < -0.3 is 28.5 Å². The summed E-state index contributed by atoms with van der Waals surface area (Å²) in [6.45, 7) is 4.69. The van der Waals surface area contributed by atoms with Crippen molar-refractivity contribution in [3.05, 3.63) is 109 Å². The number of likely N-dealkylation sites (N-methyl/N-ethyl adjacent to an activating group) is 1. The second-order valence-electron chi connectivity index (χ2n) is 26.6. The molecular formula is C82H144NO8+. The van der Waals surface area contributed by atoms with E-state index in [0.29, 0.717) is 17.4 Å². The van der Waals surface area contributed by atoms with Gasteiger partial charge in [-0.2, -0.15) is 0 Å². The van der Waals surface area contributed by atoms with Gasteiger partial charge in [-0.15, -0.1) is 0 Å². The first-order chi connectivity index (χ1) is 44.6. The third-order valence-electron chi connectivity index (χ3n) is 16.5. The molecule has 0 aromatic heterocycles. The van der Waals surface area contributed by atoms with E-state index in [1.54, 1.807) is 0 Å². The van der Waals surface area contributed by atoms with Crippen molar-refractivity contribution in [2.24, 2.45) is 0 Å². The number of unbranched alkanes of at least 4 members (excludes halogenated alkanes) is 37. The number of carbonyl (C=O) groups excluding carboxylic acids is 2. The molecule has 0 aliphatic heterocycles. The SMILES string of the molecule is CC/C=C\C/C=C\C/C=C\C/C=C\C/C=C\CCCCCCCCCCCCCCCC(=O)OC(COC(=O)CCCCCCCCCCCCCCCCCCCCCCCCCC/C=C\C/C=C\C/C=C\C/C=C\CC)COC(OCC[N+](C)(C)C)C(=O)O. The van der Waals surface area contributed by atoms with Gasteiger partial charge in [0, 0.05) is 12.8 Å². The van der Waals surface area contributed by atoms with Crippen LogP contribution in [0.3, 0.4) is 0 Å². The molecule has 0 amide bonds. The van der Waals surface area contributed by atoms with Gasteiger partial charge in [0.05, 0.1) is 34.4 Å². The molecule has 0 spiro atoms. The highest BCUT2D eigenvalue weighted by Crippen LogP contribution is 2.19. The fraction of sp³-hybridized carbons (Fsp3) is 0.744. The van der Waals surface area contributed by atoms with Gasteiger partial charge in [-0.05, 0) is 96.3 Å². The van der Waals surface area contributed by atoms with Crippen molar-refractivity contribution in [3.8, 4) is 0 Å². The van der Waals surface area contributed by atoms with Crippen LogP contribution in [-0.4, -0.2) is 87.4 Å². The number of hydrogen-bond donors (Lipinski definition) is 1. The van der Waals surface area contributed by atoms with Gasteiger partial charge in [0.2, 0.25) is 0 Å². The van der Waals surface area contributed by atoms with Crippen LogP contribution in [0.4, 0.5) is 0 Å². The standard InChI is InChI=1S/C82H143NO8/c1-6-8-10-12-14-16-18-20-22-24-26-28-30-32-34-36-37-38-39-40-41-42-43-45-46-48-50-52-54-56-58-60-62-64-66-68-70-72-79(84)89-76-78(77-90-82(81(86)87)88-75-74-83(3,4)5)91-80(85)73-71-69-67-65-63-61-59-57-55-53-51-49-47-44-35-33-31-29-27-25-23-21-19-17-15-13-11-9-7-2/h8-11,14-17,20-23,26-29,33,35,78,82H,6-7,12-13,18-19,24-25,30-32,34,36-77H2,1-5H3/p+1/b10-8-,11-9-,16-14-,17-15-,22-20-,23-21-,28-26-,29-27-,35-33-. The highest BCUT2D eigenvalue weighted by Gasteiger charge is 2.25. The fourth-order valence-corrected chi connectivity index (χ4v) is 10.8. The molecule has 0 aliphatic carbocycles. The molecule has 0 aliphatic rings. The predicted octanol–water partition coefficient (Wildman–Crippen LogP) is 24.1. The summed E-state index contributed by atoms with van der Waals surface area (Å²) >= 11 is 0. The number of allylic oxidation sites excluding steroid dienone is 18. The third kappa shape index (κ3) is 73.2. The maximum Gasteiger partial charge on any atom is 0.361 e. The Hall–Kier alpha value is -4.05. The zero-order chi connectivity index (χ0) is 66.1. The lowest BCUT2D eigenvalue weighted by molar-refractivity contribution is -0.870. The summed E-state index contributed by atoms with van der Waals surface area (Å²) in [5.41, 5.74) is 0. The second kappa shape index (κ2) is 71.8. The van der Waals surface area contributed by atoms with E-state index in [4.69, 9.17) is 18.9 Å². The molecule has 1 N–H and O–H groups in total. The van der Waals surface area contributed by atoms with E-state index in [2.05, 4.69) is 123 Å². The molecule has 0 saturated carbocycles. The van der Waals surface area contributed by atoms with Crippen LogP contribution in [0.1, 0.15) is 335 Å². The molecule has 2 atom stereocenters. The van der Waals surface area contributed by atoms with Gasteiger partial charge in [-0.25, -0.2) is 4.79 Å². The van der Waals surface area contributed by atoms with E-state index in [0.717, 1.165) is 96.3 Å². The van der Waals surface area contributed by atoms with E-state index in [9.17, 15) is 19.5 Å². The molecule has 9 nitrogen and oxygen atoms in total. The van der Waals surface area contributed by atoms with Crippen molar-refractivity contribution in [2.75, 3.05) is 47.5 Å². The Labute approximate surface area is 562 Å². The number of carbonyl (C=O) groups is 3. The summed E-state index contributed by atoms with van der Waals surface area (Å²) in [5.74, 6) is -1.99. The van der Waals surface area contributed by atoms with E-state index in [-0.39, 0.29) is 32.2 Å². The van der Waals surface area contributed by atoms with Gasteiger partial charge in [0.25, 0.3) is 6.29 Å². The molecule has 524 valence electrons. The zero-order valence-electron chi connectivity index (χ0n) is 60.0. The second-order valence-corrected chi connectivity index (χ2v) is 26.6. The Morgan fingerprint density at radius 1 is 0.330 bits per heavy atom. The molecular weight excluding hydrogens is 1130 g/mol. The van der Waals surface area contributed by atoms with Crippen LogP contribution >= 0.6 is 0 Å². The minimum Gasteiger partial charge on any atom is -0.477 e. The van der Waals surface area contributed by atoms with Gasteiger partial charge >= 0.3 is 17.9 Å². The summed E-state index contributed by atoms with van der Waals surface area (Å²) in [5, 5.41) is 9.76. The van der Waals surface area contributed by atoms with Crippen LogP contribution in [0, 0.1) is 0 Å². The number of esters is 2. The average Bonchev–Trinajstić information content (AvgIpc) is 3.66. The molecule has 0 heterocycles. The van der Waals surface area contributed by atoms with Crippen molar-refractivity contribution in [2.45, 2.75) is 347 Å². The highest BCUT2D eigenvalue weighted by molar-refractivity contribution is 5.71. The summed E-state index contributed by atoms with van der Waals surface area (Å²) in [6.07, 6.45) is 98.0.